The van der Waals surface area contributed by atoms with Crippen molar-refractivity contribution >= 4 is 33.2 Å². The van der Waals surface area contributed by atoms with Gasteiger partial charge in [0.2, 0.25) is 0 Å². The van der Waals surface area contributed by atoms with Crippen LogP contribution in [0, 0.1) is 0 Å². The summed E-state index contributed by atoms with van der Waals surface area (Å²) in [5, 5.41) is 2.91. The molecule has 2 atom stereocenters. The third kappa shape index (κ3) is 5.04. The molecule has 0 unspecified atom stereocenters. The number of ether oxygens (including phenoxy) is 1. The summed E-state index contributed by atoms with van der Waals surface area (Å²) in [7, 11) is -3.76. The maximum absolute atomic E-state index is 13.9. The van der Waals surface area contributed by atoms with Gasteiger partial charge < -0.3 is 15.0 Å². The van der Waals surface area contributed by atoms with Crippen molar-refractivity contribution in [3.63, 3.8) is 0 Å². The molecule has 0 aliphatic carbocycles. The Morgan fingerprint density at radius 1 is 0.878 bits per heavy atom. The van der Waals surface area contributed by atoms with Gasteiger partial charge in [-0.15, -0.1) is 0 Å². The molecule has 208 valence electrons. The Kier molecular flexibility index (Phi) is 6.96. The number of nitrogens with one attached hydrogen (secondary N) is 1. The number of nitrogens with zero attached hydrogens (tertiary/aromatic N) is 2. The average Bonchev–Trinajstić information content (AvgIpc) is 3.35. The number of anilines is 2. The number of benzene rings is 4. The quantitative estimate of drug-likeness (QED) is 0.369. The minimum atomic E-state index is -3.76. The summed E-state index contributed by atoms with van der Waals surface area (Å²) in [6.45, 7) is 2.25. The van der Waals surface area contributed by atoms with Gasteiger partial charge in [-0.25, -0.2) is 8.42 Å². The first kappa shape index (κ1) is 26.6. The van der Waals surface area contributed by atoms with E-state index in [1.54, 1.807) is 71.6 Å². The van der Waals surface area contributed by atoms with Gasteiger partial charge in [0, 0.05) is 18.2 Å². The van der Waals surface area contributed by atoms with Crippen LogP contribution < -0.4 is 19.3 Å². The summed E-state index contributed by atoms with van der Waals surface area (Å²) in [5.41, 5.74) is 3.29. The molecule has 0 aromatic heterocycles. The van der Waals surface area contributed by atoms with Crippen LogP contribution in [0.5, 0.6) is 5.75 Å². The Balaban J connectivity index is 1.26. The molecule has 9 heteroatoms. The van der Waals surface area contributed by atoms with Gasteiger partial charge >= 0.3 is 0 Å². The normalized spacial score (nSPS) is 17.8. The molecule has 0 bridgehead atoms. The van der Waals surface area contributed by atoms with Crippen molar-refractivity contribution in [2.45, 2.75) is 36.9 Å². The summed E-state index contributed by atoms with van der Waals surface area (Å²) >= 11 is 0. The first-order valence-corrected chi connectivity index (χ1v) is 14.9. The van der Waals surface area contributed by atoms with E-state index in [4.69, 9.17) is 4.74 Å². The maximum Gasteiger partial charge on any atom is 0.264 e. The van der Waals surface area contributed by atoms with Crippen LogP contribution in [-0.2, 0) is 27.8 Å². The van der Waals surface area contributed by atoms with Crippen LogP contribution in [0.4, 0.5) is 11.4 Å². The summed E-state index contributed by atoms with van der Waals surface area (Å²) in [4.78, 5) is 28.8. The van der Waals surface area contributed by atoms with E-state index in [0.29, 0.717) is 35.7 Å². The minimum Gasteiger partial charge on any atom is -0.477 e. The average molecular weight is 568 g/mol. The number of hydrogen-bond donors (Lipinski definition) is 1. The lowest BCUT2D eigenvalue weighted by Crippen LogP contribution is -2.50. The van der Waals surface area contributed by atoms with Gasteiger partial charge in [0.25, 0.3) is 21.8 Å². The molecule has 8 nitrogen and oxygen atoms in total. The Morgan fingerprint density at radius 3 is 2.32 bits per heavy atom. The molecule has 2 heterocycles. The van der Waals surface area contributed by atoms with E-state index in [9.17, 15) is 18.0 Å². The van der Waals surface area contributed by atoms with Gasteiger partial charge in [0.15, 0.2) is 6.10 Å². The smallest absolute Gasteiger partial charge is 0.264 e. The van der Waals surface area contributed by atoms with Crippen molar-refractivity contribution < 1.29 is 22.7 Å². The van der Waals surface area contributed by atoms with Gasteiger partial charge in [-0.05, 0) is 66.9 Å². The number of amides is 2. The van der Waals surface area contributed by atoms with E-state index in [-0.39, 0.29) is 29.3 Å². The maximum atomic E-state index is 13.9. The number of fused-ring (bicyclic) bond motifs is 2. The van der Waals surface area contributed by atoms with E-state index in [2.05, 4.69) is 5.32 Å². The highest BCUT2D eigenvalue weighted by Crippen LogP contribution is 2.39. The third-order valence-electron chi connectivity index (χ3n) is 7.40. The minimum absolute atomic E-state index is 0.0401. The highest BCUT2D eigenvalue weighted by Gasteiger charge is 2.38. The van der Waals surface area contributed by atoms with E-state index in [0.717, 1.165) is 11.1 Å². The first-order chi connectivity index (χ1) is 19.8. The lowest BCUT2D eigenvalue weighted by atomic mass is 10.0. The van der Waals surface area contributed by atoms with Crippen LogP contribution in [0.25, 0.3) is 0 Å². The fourth-order valence-corrected chi connectivity index (χ4v) is 7.14. The lowest BCUT2D eigenvalue weighted by Gasteiger charge is -2.34. The summed E-state index contributed by atoms with van der Waals surface area (Å²) in [6.07, 6.45) is -0.411. The van der Waals surface area contributed by atoms with Crippen molar-refractivity contribution in [1.29, 1.82) is 0 Å². The molecule has 0 radical (unpaired) electrons. The van der Waals surface area contributed by atoms with E-state index < -0.39 is 16.1 Å². The highest BCUT2D eigenvalue weighted by atomic mass is 32.2. The van der Waals surface area contributed by atoms with Crippen molar-refractivity contribution in [2.75, 3.05) is 15.7 Å². The number of rotatable bonds is 6. The van der Waals surface area contributed by atoms with E-state index in [1.165, 1.54) is 4.31 Å². The van der Waals surface area contributed by atoms with Crippen molar-refractivity contribution in [3.8, 4) is 5.75 Å². The van der Waals surface area contributed by atoms with Crippen LogP contribution in [-0.4, -0.2) is 38.9 Å². The number of carbonyl (C=O) groups is 2. The van der Waals surface area contributed by atoms with Crippen LogP contribution in [0.1, 0.15) is 28.4 Å². The molecule has 4 aromatic carbocycles. The molecule has 0 saturated heterocycles. The molecule has 2 aliphatic rings. The molecule has 0 fully saturated rings. The zero-order valence-corrected chi connectivity index (χ0v) is 23.3. The second kappa shape index (κ2) is 10.7. The Labute approximate surface area is 239 Å². The van der Waals surface area contributed by atoms with Gasteiger partial charge in [0.05, 0.1) is 22.8 Å². The lowest BCUT2D eigenvalue weighted by molar-refractivity contribution is -0.128. The van der Waals surface area contributed by atoms with Crippen LogP contribution in [0.3, 0.4) is 0 Å². The fourth-order valence-electron chi connectivity index (χ4n) is 5.43. The predicted octanol–water partition coefficient (Wildman–Crippen LogP) is 4.55. The number of para-hydroxylation sites is 2. The van der Waals surface area contributed by atoms with Gasteiger partial charge in [-0.3, -0.25) is 13.9 Å². The Bertz CT molecular complexity index is 1710. The fraction of sp³-hybridized carbons (Fsp3) is 0.188. The topological polar surface area (TPSA) is 96.0 Å². The molecule has 0 spiro atoms. The Morgan fingerprint density at radius 2 is 1.56 bits per heavy atom. The SMILES string of the molecule is C[C@H]1Cc2cc(C(=O)N3C[C@@H](C(=O)NCc4ccccc4)Oc4ccccc43)ccc2N1S(=O)(=O)c1ccccc1. The second-order valence-electron chi connectivity index (χ2n) is 10.2. The second-order valence-corrected chi connectivity index (χ2v) is 12.0. The molecule has 4 aromatic rings. The Hall–Kier alpha value is -4.63. The summed E-state index contributed by atoms with van der Waals surface area (Å²) in [6, 6.07) is 29.9. The van der Waals surface area contributed by atoms with Crippen molar-refractivity contribution in [3.05, 3.63) is 120 Å². The van der Waals surface area contributed by atoms with Crippen LogP contribution >= 0.6 is 0 Å². The van der Waals surface area contributed by atoms with E-state index >= 15 is 0 Å². The van der Waals surface area contributed by atoms with Crippen LogP contribution in [0.15, 0.2) is 108 Å². The molecule has 2 aliphatic heterocycles. The molecular weight excluding hydrogens is 538 g/mol. The largest absolute Gasteiger partial charge is 0.477 e. The highest BCUT2D eigenvalue weighted by molar-refractivity contribution is 7.92. The summed E-state index contributed by atoms with van der Waals surface area (Å²) in [5.74, 6) is -0.158. The molecule has 0 saturated carbocycles. The summed E-state index contributed by atoms with van der Waals surface area (Å²) < 4.78 is 34.3. The monoisotopic (exact) mass is 567 g/mol. The van der Waals surface area contributed by atoms with Gasteiger partial charge in [0.1, 0.15) is 5.75 Å². The number of hydrogen-bond acceptors (Lipinski definition) is 5. The standard InChI is InChI=1S/C32H29N3O5S/c1-22-18-25-19-24(16-17-27(25)35(22)41(38,39)26-12-6-3-7-13-26)32(37)34-21-30(40-29-15-9-8-14-28(29)34)31(36)33-20-23-10-4-2-5-11-23/h2-17,19,22,30H,18,20-21H2,1H3,(H,33,36)/t22-,30-/m0/s1. The molecule has 1 N–H and O–H groups in total. The molecule has 6 rings (SSSR count). The van der Waals surface area contributed by atoms with Gasteiger partial charge in [-0.2, -0.15) is 0 Å². The number of carbonyl (C=O) groups excluding carboxylic acids is 2. The van der Waals surface area contributed by atoms with Gasteiger partial charge in [-0.1, -0.05) is 60.7 Å². The molecular formula is C32H29N3O5S. The predicted molar refractivity (Wildman–Crippen MR) is 157 cm³/mol. The zero-order valence-electron chi connectivity index (χ0n) is 22.4. The van der Waals surface area contributed by atoms with E-state index in [1.807, 2.05) is 43.3 Å². The van der Waals surface area contributed by atoms with Crippen molar-refractivity contribution in [2.24, 2.45) is 0 Å². The molecule has 41 heavy (non-hydrogen) atoms. The first-order valence-electron chi connectivity index (χ1n) is 13.4. The zero-order chi connectivity index (χ0) is 28.6. The molecule has 2 amide bonds. The third-order valence-corrected chi connectivity index (χ3v) is 9.34. The van der Waals surface area contributed by atoms with Crippen LogP contribution in [0.2, 0.25) is 0 Å². The van der Waals surface area contributed by atoms with Crippen molar-refractivity contribution in [1.82, 2.24) is 5.32 Å². The number of sulfonamides is 1.